The van der Waals surface area contributed by atoms with Gasteiger partial charge in [0, 0.05) is 18.7 Å². The molecule has 2 aromatic rings. The van der Waals surface area contributed by atoms with Gasteiger partial charge < -0.3 is 24.2 Å². The minimum Gasteiger partial charge on any atom is -0.481 e. The summed E-state index contributed by atoms with van der Waals surface area (Å²) in [5, 5.41) is 9.60. The Bertz CT molecular complexity index is 852. The van der Waals surface area contributed by atoms with Crippen LogP contribution in [0.3, 0.4) is 0 Å². The second-order valence-electron chi connectivity index (χ2n) is 5.94. The van der Waals surface area contributed by atoms with E-state index in [1.807, 2.05) is 18.2 Å². The third-order valence-corrected chi connectivity index (χ3v) is 5.20. The zero-order valence-electron chi connectivity index (χ0n) is 13.7. The molecule has 9 heteroatoms. The predicted molar refractivity (Wildman–Crippen MR) is 91.6 cm³/mol. The highest BCUT2D eigenvalue weighted by molar-refractivity contribution is 7.16. The Morgan fingerprint density at radius 3 is 3.00 bits per heavy atom. The van der Waals surface area contributed by atoms with Gasteiger partial charge in [-0.1, -0.05) is 0 Å². The Morgan fingerprint density at radius 2 is 2.15 bits per heavy atom. The summed E-state index contributed by atoms with van der Waals surface area (Å²) in [7, 11) is 0. The fourth-order valence-corrected chi connectivity index (χ4v) is 3.79. The lowest BCUT2D eigenvalue weighted by Gasteiger charge is -2.31. The number of benzene rings is 1. The number of morpholine rings is 1. The number of ether oxygens (including phenoxy) is 3. The largest absolute Gasteiger partial charge is 0.481 e. The second kappa shape index (κ2) is 6.93. The van der Waals surface area contributed by atoms with Crippen molar-refractivity contribution in [1.82, 2.24) is 9.88 Å². The summed E-state index contributed by atoms with van der Waals surface area (Å²) < 4.78 is 16.1. The molecule has 0 bridgehead atoms. The first-order chi connectivity index (χ1) is 12.6. The highest BCUT2D eigenvalue weighted by atomic mass is 32.1. The van der Waals surface area contributed by atoms with Crippen LogP contribution >= 0.6 is 11.3 Å². The number of carboxylic acid groups (broad SMARTS) is 1. The number of carboxylic acids is 1. The van der Waals surface area contributed by atoms with E-state index in [0.717, 1.165) is 5.56 Å². The Labute approximate surface area is 152 Å². The maximum atomic E-state index is 12.7. The van der Waals surface area contributed by atoms with Gasteiger partial charge in [0.1, 0.15) is 9.88 Å². The third kappa shape index (κ3) is 3.35. The van der Waals surface area contributed by atoms with Crippen molar-refractivity contribution < 1.29 is 28.9 Å². The summed E-state index contributed by atoms with van der Waals surface area (Å²) in [6.07, 6.45) is 0.954. The Morgan fingerprint density at radius 1 is 1.31 bits per heavy atom. The number of nitrogens with zero attached hydrogens (tertiary/aromatic N) is 2. The molecule has 1 amide bonds. The SMILES string of the molecule is O=C(O)CC1CN(C(=O)c2cnc(-c3ccc4c(c3)OCO4)s2)CCO1. The van der Waals surface area contributed by atoms with Gasteiger partial charge in [0.05, 0.1) is 25.3 Å². The van der Waals surface area contributed by atoms with Crippen LogP contribution in [0.2, 0.25) is 0 Å². The van der Waals surface area contributed by atoms with Crippen molar-refractivity contribution in [2.45, 2.75) is 12.5 Å². The lowest BCUT2D eigenvalue weighted by Crippen LogP contribution is -2.46. The maximum Gasteiger partial charge on any atom is 0.306 e. The van der Waals surface area contributed by atoms with Crippen LogP contribution in [0.5, 0.6) is 11.5 Å². The fourth-order valence-electron chi connectivity index (χ4n) is 2.91. The van der Waals surface area contributed by atoms with Gasteiger partial charge in [0.15, 0.2) is 11.5 Å². The molecule has 26 heavy (non-hydrogen) atoms. The monoisotopic (exact) mass is 376 g/mol. The summed E-state index contributed by atoms with van der Waals surface area (Å²) in [5.41, 5.74) is 0.851. The van der Waals surface area contributed by atoms with E-state index >= 15 is 0 Å². The van der Waals surface area contributed by atoms with E-state index < -0.39 is 12.1 Å². The summed E-state index contributed by atoms with van der Waals surface area (Å²) >= 11 is 1.29. The molecular formula is C17H16N2O6S. The van der Waals surface area contributed by atoms with E-state index in [2.05, 4.69) is 4.98 Å². The number of carbonyl (C=O) groups is 2. The van der Waals surface area contributed by atoms with Crippen molar-refractivity contribution in [3.63, 3.8) is 0 Å². The Hall–Kier alpha value is -2.65. The molecule has 8 nitrogen and oxygen atoms in total. The van der Waals surface area contributed by atoms with Crippen LogP contribution < -0.4 is 9.47 Å². The first kappa shape index (κ1) is 16.8. The van der Waals surface area contributed by atoms with Gasteiger partial charge in [-0.05, 0) is 18.2 Å². The fraction of sp³-hybridized carbons (Fsp3) is 0.353. The molecule has 136 valence electrons. The minimum atomic E-state index is -0.938. The summed E-state index contributed by atoms with van der Waals surface area (Å²) in [6, 6.07) is 5.53. The molecule has 0 radical (unpaired) electrons. The number of amides is 1. The van der Waals surface area contributed by atoms with Gasteiger partial charge in [-0.25, -0.2) is 4.98 Å². The molecule has 1 unspecified atom stereocenters. The topological polar surface area (TPSA) is 98.2 Å². The molecule has 2 aliphatic heterocycles. The number of rotatable bonds is 4. The predicted octanol–water partition coefficient (Wildman–Crippen LogP) is 1.85. The quantitative estimate of drug-likeness (QED) is 0.869. The van der Waals surface area contributed by atoms with Gasteiger partial charge in [0.25, 0.3) is 5.91 Å². The van der Waals surface area contributed by atoms with E-state index in [4.69, 9.17) is 19.3 Å². The van der Waals surface area contributed by atoms with Crippen LogP contribution in [-0.2, 0) is 9.53 Å². The zero-order chi connectivity index (χ0) is 18.1. The molecule has 1 atom stereocenters. The Balaban J connectivity index is 1.49. The van der Waals surface area contributed by atoms with E-state index in [9.17, 15) is 9.59 Å². The number of hydrogen-bond acceptors (Lipinski definition) is 7. The first-order valence-corrected chi connectivity index (χ1v) is 8.90. The second-order valence-corrected chi connectivity index (χ2v) is 6.97. The number of hydrogen-bond donors (Lipinski definition) is 1. The number of carbonyl (C=O) groups excluding carboxylic acids is 1. The van der Waals surface area contributed by atoms with Crippen molar-refractivity contribution in [1.29, 1.82) is 0 Å². The summed E-state index contributed by atoms with van der Waals surface area (Å²) in [4.78, 5) is 30.0. The smallest absolute Gasteiger partial charge is 0.306 e. The normalized spacial score (nSPS) is 18.8. The highest BCUT2D eigenvalue weighted by Crippen LogP contribution is 2.37. The molecular weight excluding hydrogens is 360 g/mol. The molecule has 0 aliphatic carbocycles. The average Bonchev–Trinajstić information content (AvgIpc) is 3.29. The maximum absolute atomic E-state index is 12.7. The van der Waals surface area contributed by atoms with E-state index in [1.165, 1.54) is 11.3 Å². The van der Waals surface area contributed by atoms with Gasteiger partial charge in [0.2, 0.25) is 6.79 Å². The molecule has 1 aromatic carbocycles. The third-order valence-electron chi connectivity index (χ3n) is 4.16. The first-order valence-electron chi connectivity index (χ1n) is 8.08. The van der Waals surface area contributed by atoms with E-state index in [0.29, 0.717) is 34.5 Å². The average molecular weight is 376 g/mol. The van der Waals surface area contributed by atoms with Crippen molar-refractivity contribution in [3.05, 3.63) is 29.3 Å². The lowest BCUT2D eigenvalue weighted by molar-refractivity contribution is -0.141. The molecule has 0 saturated carbocycles. The van der Waals surface area contributed by atoms with Crippen LogP contribution in [-0.4, -0.2) is 59.5 Å². The van der Waals surface area contributed by atoms with Crippen LogP contribution in [0.1, 0.15) is 16.1 Å². The molecule has 2 aliphatic rings. The number of aliphatic carboxylic acids is 1. The standard InChI is InChI=1S/C17H16N2O6S/c20-15(21)6-11-8-19(3-4-23-11)17(22)14-7-18-16(26-14)10-1-2-12-13(5-10)25-9-24-12/h1-2,5,7,11H,3-4,6,8-9H2,(H,20,21). The molecule has 1 N–H and O–H groups in total. The molecule has 1 fully saturated rings. The van der Waals surface area contributed by atoms with Gasteiger partial charge in [-0.2, -0.15) is 0 Å². The van der Waals surface area contributed by atoms with Crippen molar-refractivity contribution in [2.24, 2.45) is 0 Å². The Kier molecular flexibility index (Phi) is 4.48. The van der Waals surface area contributed by atoms with Crippen molar-refractivity contribution in [3.8, 4) is 22.1 Å². The minimum absolute atomic E-state index is 0.116. The van der Waals surface area contributed by atoms with Crippen molar-refractivity contribution >= 4 is 23.2 Å². The summed E-state index contributed by atoms with van der Waals surface area (Å²) in [5.74, 6) is 0.259. The van der Waals surface area contributed by atoms with Gasteiger partial charge in [-0.15, -0.1) is 11.3 Å². The van der Waals surface area contributed by atoms with Crippen LogP contribution in [0.25, 0.3) is 10.6 Å². The van der Waals surface area contributed by atoms with Crippen LogP contribution in [0.4, 0.5) is 0 Å². The highest BCUT2D eigenvalue weighted by Gasteiger charge is 2.28. The van der Waals surface area contributed by atoms with Crippen LogP contribution in [0, 0.1) is 0 Å². The van der Waals surface area contributed by atoms with Gasteiger partial charge in [-0.3, -0.25) is 9.59 Å². The van der Waals surface area contributed by atoms with E-state index in [-0.39, 0.29) is 25.7 Å². The summed E-state index contributed by atoms with van der Waals surface area (Å²) in [6.45, 7) is 1.24. The zero-order valence-corrected chi connectivity index (χ0v) is 14.5. The van der Waals surface area contributed by atoms with E-state index in [1.54, 1.807) is 11.1 Å². The van der Waals surface area contributed by atoms with Crippen LogP contribution in [0.15, 0.2) is 24.4 Å². The molecule has 1 saturated heterocycles. The van der Waals surface area contributed by atoms with Gasteiger partial charge >= 0.3 is 5.97 Å². The number of thiazole rings is 1. The number of fused-ring (bicyclic) bond motifs is 1. The molecule has 1 aromatic heterocycles. The molecule has 4 rings (SSSR count). The molecule has 3 heterocycles. The molecule has 0 spiro atoms. The number of aromatic nitrogens is 1. The van der Waals surface area contributed by atoms with Crippen molar-refractivity contribution in [2.75, 3.05) is 26.5 Å². The lowest BCUT2D eigenvalue weighted by atomic mass is 10.2.